The van der Waals surface area contributed by atoms with E-state index in [4.69, 9.17) is 11.0 Å². The fourth-order valence-corrected chi connectivity index (χ4v) is 3.59. The highest BCUT2D eigenvalue weighted by molar-refractivity contribution is 7.18. The van der Waals surface area contributed by atoms with E-state index < -0.39 is 0 Å². The summed E-state index contributed by atoms with van der Waals surface area (Å²) in [5, 5.41) is 9.83. The number of anilines is 1. The van der Waals surface area contributed by atoms with Gasteiger partial charge in [0.25, 0.3) is 0 Å². The van der Waals surface area contributed by atoms with Crippen molar-refractivity contribution in [2.45, 2.75) is 6.42 Å². The van der Waals surface area contributed by atoms with Crippen LogP contribution < -0.4 is 5.73 Å². The Hall–Kier alpha value is -3.37. The highest BCUT2D eigenvalue weighted by atomic mass is 32.1. The number of fused-ring (bicyclic) bond motifs is 1. The van der Waals surface area contributed by atoms with Gasteiger partial charge in [0, 0.05) is 23.7 Å². The molecule has 0 aliphatic rings. The molecule has 0 atom stereocenters. The van der Waals surface area contributed by atoms with Crippen LogP contribution in [0.2, 0.25) is 0 Å². The van der Waals surface area contributed by atoms with Gasteiger partial charge in [0.15, 0.2) is 5.82 Å². The number of aromatic nitrogens is 4. The number of hydrogen-bond donors (Lipinski definition) is 1. The predicted octanol–water partition coefficient (Wildman–Crippen LogP) is 3.19. The molecule has 7 heteroatoms. The molecule has 6 nitrogen and oxygen atoms in total. The van der Waals surface area contributed by atoms with Crippen molar-refractivity contribution in [2.75, 3.05) is 5.73 Å². The SMILES string of the molecule is N#Cc1cccc(-c2nc(N)c3cc(Cc4cccnc4)sc3n2)n1. The van der Waals surface area contributed by atoms with Crippen molar-refractivity contribution in [2.24, 2.45) is 0 Å². The lowest BCUT2D eigenvalue weighted by Gasteiger charge is -2.01. The maximum Gasteiger partial charge on any atom is 0.181 e. The van der Waals surface area contributed by atoms with Crippen LogP contribution in [0.3, 0.4) is 0 Å². The minimum absolute atomic E-state index is 0.322. The van der Waals surface area contributed by atoms with Crippen molar-refractivity contribution in [1.82, 2.24) is 19.9 Å². The van der Waals surface area contributed by atoms with Crippen LogP contribution in [0.4, 0.5) is 5.82 Å². The average Bonchev–Trinajstić information content (AvgIpc) is 3.05. The van der Waals surface area contributed by atoms with Crippen molar-refractivity contribution >= 4 is 27.4 Å². The van der Waals surface area contributed by atoms with Crippen LogP contribution in [0.5, 0.6) is 0 Å². The Morgan fingerprint density at radius 1 is 1.12 bits per heavy atom. The number of nitrogens with zero attached hydrogens (tertiary/aromatic N) is 5. The third-order valence-electron chi connectivity index (χ3n) is 3.67. The molecule has 0 aliphatic carbocycles. The summed E-state index contributed by atoms with van der Waals surface area (Å²) in [6.45, 7) is 0. The standard InChI is InChI=1S/C18H12N6S/c19-9-12-4-1-5-15(22-12)17-23-16(20)14-8-13(25-18(14)24-17)7-11-3-2-6-21-10-11/h1-6,8,10H,7H2,(H2,20,23,24). The number of thiophene rings is 1. The Labute approximate surface area is 147 Å². The van der Waals surface area contributed by atoms with E-state index in [0.29, 0.717) is 23.0 Å². The van der Waals surface area contributed by atoms with E-state index in [0.717, 1.165) is 27.1 Å². The van der Waals surface area contributed by atoms with Gasteiger partial charge in [-0.2, -0.15) is 5.26 Å². The molecule has 4 aromatic rings. The normalized spacial score (nSPS) is 10.7. The first-order chi connectivity index (χ1) is 12.2. The molecule has 0 fully saturated rings. The first-order valence-electron chi connectivity index (χ1n) is 7.55. The van der Waals surface area contributed by atoms with Crippen molar-refractivity contribution in [3.8, 4) is 17.6 Å². The Morgan fingerprint density at radius 2 is 2.04 bits per heavy atom. The van der Waals surface area contributed by atoms with Gasteiger partial charge in [-0.15, -0.1) is 11.3 Å². The molecule has 0 bridgehead atoms. The molecule has 0 amide bonds. The molecular weight excluding hydrogens is 332 g/mol. The summed E-state index contributed by atoms with van der Waals surface area (Å²) in [4.78, 5) is 19.3. The molecular formula is C18H12N6S. The van der Waals surface area contributed by atoms with Crippen molar-refractivity contribution in [3.05, 3.63) is 64.9 Å². The van der Waals surface area contributed by atoms with Crippen LogP contribution in [0.15, 0.2) is 48.8 Å². The van der Waals surface area contributed by atoms with Gasteiger partial charge in [0.1, 0.15) is 28.1 Å². The molecule has 2 N–H and O–H groups in total. The number of nitriles is 1. The summed E-state index contributed by atoms with van der Waals surface area (Å²) in [7, 11) is 0. The predicted molar refractivity (Wildman–Crippen MR) is 96.8 cm³/mol. The second kappa shape index (κ2) is 6.26. The summed E-state index contributed by atoms with van der Waals surface area (Å²) in [5.41, 5.74) is 8.11. The van der Waals surface area contributed by atoms with E-state index in [2.05, 4.69) is 19.9 Å². The fourth-order valence-electron chi connectivity index (χ4n) is 2.52. The lowest BCUT2D eigenvalue weighted by Crippen LogP contribution is -1.98. The molecule has 4 heterocycles. The van der Waals surface area contributed by atoms with Crippen LogP contribution in [0.1, 0.15) is 16.1 Å². The van der Waals surface area contributed by atoms with E-state index in [-0.39, 0.29) is 0 Å². The fraction of sp³-hybridized carbons (Fsp3) is 0.0556. The second-order valence-electron chi connectivity index (χ2n) is 5.42. The summed E-state index contributed by atoms with van der Waals surface area (Å²) < 4.78 is 0. The first-order valence-corrected chi connectivity index (χ1v) is 8.37. The van der Waals surface area contributed by atoms with E-state index in [1.54, 1.807) is 35.7 Å². The van der Waals surface area contributed by atoms with E-state index in [1.165, 1.54) is 0 Å². The maximum absolute atomic E-state index is 9.00. The van der Waals surface area contributed by atoms with Crippen molar-refractivity contribution in [3.63, 3.8) is 0 Å². The number of nitrogen functional groups attached to an aromatic ring is 1. The molecule has 0 spiro atoms. The van der Waals surface area contributed by atoms with Crippen LogP contribution in [0, 0.1) is 11.3 Å². The van der Waals surface area contributed by atoms with Gasteiger partial charge in [-0.3, -0.25) is 4.98 Å². The molecule has 0 saturated heterocycles. The lowest BCUT2D eigenvalue weighted by atomic mass is 10.2. The molecule has 0 unspecified atom stereocenters. The zero-order chi connectivity index (χ0) is 17.2. The Morgan fingerprint density at radius 3 is 2.84 bits per heavy atom. The van der Waals surface area contributed by atoms with Gasteiger partial charge in [-0.1, -0.05) is 12.1 Å². The van der Waals surface area contributed by atoms with Gasteiger partial charge in [-0.25, -0.2) is 15.0 Å². The molecule has 4 rings (SSSR count). The Bertz CT molecular complexity index is 1100. The summed E-state index contributed by atoms with van der Waals surface area (Å²) in [6.07, 6.45) is 4.38. The number of rotatable bonds is 3. The highest BCUT2D eigenvalue weighted by Gasteiger charge is 2.12. The van der Waals surface area contributed by atoms with Crippen molar-refractivity contribution in [1.29, 1.82) is 5.26 Å². The van der Waals surface area contributed by atoms with Crippen LogP contribution in [-0.2, 0) is 6.42 Å². The van der Waals surface area contributed by atoms with Crippen LogP contribution in [0.25, 0.3) is 21.7 Å². The summed E-state index contributed by atoms with van der Waals surface area (Å²) >= 11 is 1.57. The molecule has 25 heavy (non-hydrogen) atoms. The van der Waals surface area contributed by atoms with Crippen molar-refractivity contribution < 1.29 is 0 Å². The van der Waals surface area contributed by atoms with Gasteiger partial charge in [0.2, 0.25) is 0 Å². The third-order valence-corrected chi connectivity index (χ3v) is 4.70. The molecule has 0 aliphatic heterocycles. The average molecular weight is 344 g/mol. The van der Waals surface area contributed by atoms with E-state index in [1.807, 2.05) is 30.5 Å². The number of hydrogen-bond acceptors (Lipinski definition) is 7. The Kier molecular flexibility index (Phi) is 3.80. The topological polar surface area (TPSA) is 101 Å². The quantitative estimate of drug-likeness (QED) is 0.612. The molecule has 0 aromatic carbocycles. The minimum Gasteiger partial charge on any atom is -0.383 e. The molecule has 0 saturated carbocycles. The summed E-state index contributed by atoms with van der Waals surface area (Å²) in [5.74, 6) is 0.842. The first kappa shape index (κ1) is 15.2. The van der Waals surface area contributed by atoms with E-state index >= 15 is 0 Å². The van der Waals surface area contributed by atoms with E-state index in [9.17, 15) is 0 Å². The molecule has 4 aromatic heterocycles. The van der Waals surface area contributed by atoms with Gasteiger partial charge in [-0.05, 0) is 29.8 Å². The molecule has 0 radical (unpaired) electrons. The molecule has 120 valence electrons. The monoisotopic (exact) mass is 344 g/mol. The number of nitrogens with two attached hydrogens (primary N) is 1. The third kappa shape index (κ3) is 3.03. The van der Waals surface area contributed by atoms with Gasteiger partial charge >= 0.3 is 0 Å². The van der Waals surface area contributed by atoms with Gasteiger partial charge in [0.05, 0.1) is 5.39 Å². The second-order valence-corrected chi connectivity index (χ2v) is 6.54. The highest BCUT2D eigenvalue weighted by Crippen LogP contribution is 2.30. The number of pyridine rings is 2. The van der Waals surface area contributed by atoms with Crippen LogP contribution >= 0.6 is 11.3 Å². The minimum atomic E-state index is 0.322. The zero-order valence-electron chi connectivity index (χ0n) is 13.0. The Balaban J connectivity index is 1.75. The smallest absolute Gasteiger partial charge is 0.181 e. The maximum atomic E-state index is 9.00. The van der Waals surface area contributed by atoms with Gasteiger partial charge < -0.3 is 5.73 Å². The zero-order valence-corrected chi connectivity index (χ0v) is 13.9. The van der Waals surface area contributed by atoms with Crippen LogP contribution in [-0.4, -0.2) is 19.9 Å². The summed E-state index contributed by atoms with van der Waals surface area (Å²) in [6, 6.07) is 13.2. The largest absolute Gasteiger partial charge is 0.383 e. The lowest BCUT2D eigenvalue weighted by molar-refractivity contribution is 1.17.